The van der Waals surface area contributed by atoms with Crippen LogP contribution in [0, 0.1) is 0 Å². The van der Waals surface area contributed by atoms with Gasteiger partial charge in [0.2, 0.25) is 0 Å². The highest BCUT2D eigenvalue weighted by atomic mass is 32.2. The minimum absolute atomic E-state index is 0.349. The van der Waals surface area contributed by atoms with E-state index in [4.69, 9.17) is 5.73 Å². The Hall–Kier alpha value is -0.660. The van der Waals surface area contributed by atoms with Crippen LogP contribution in [0.3, 0.4) is 0 Å². The Balaban J connectivity index is 2.01. The first kappa shape index (κ1) is 12.8. The molecule has 0 spiro atoms. The topological polar surface area (TPSA) is 72.9 Å². The number of tetrazole rings is 1. The van der Waals surface area contributed by atoms with E-state index < -0.39 is 0 Å². The van der Waals surface area contributed by atoms with Gasteiger partial charge in [-0.1, -0.05) is 0 Å². The van der Waals surface area contributed by atoms with Gasteiger partial charge in [0.1, 0.15) is 0 Å². The van der Waals surface area contributed by atoms with E-state index in [1.54, 1.807) is 0 Å². The average molecular weight is 256 g/mol. The highest BCUT2D eigenvalue weighted by molar-refractivity contribution is 7.99. The van der Waals surface area contributed by atoms with E-state index in [0.717, 1.165) is 44.1 Å². The summed E-state index contributed by atoms with van der Waals surface area (Å²) < 4.78 is 1.93. The molecule has 0 bridgehead atoms. The van der Waals surface area contributed by atoms with Crippen molar-refractivity contribution < 1.29 is 0 Å². The van der Waals surface area contributed by atoms with Gasteiger partial charge in [-0.05, 0) is 36.9 Å². The molecule has 0 radical (unpaired) electrons. The highest BCUT2D eigenvalue weighted by Crippen LogP contribution is 2.26. The van der Waals surface area contributed by atoms with E-state index in [-0.39, 0.29) is 0 Å². The first-order valence-electron chi connectivity index (χ1n) is 6.07. The Kier molecular flexibility index (Phi) is 4.75. The number of unbranched alkanes of at least 4 members (excludes halogenated alkanes) is 1. The smallest absolute Gasteiger partial charge is 0.169 e. The molecule has 1 aromatic heterocycles. The zero-order chi connectivity index (χ0) is 12.1. The van der Waals surface area contributed by atoms with Crippen molar-refractivity contribution in [3.05, 3.63) is 5.82 Å². The minimum Gasteiger partial charge on any atom is -0.330 e. The van der Waals surface area contributed by atoms with Crippen molar-refractivity contribution >= 4 is 11.8 Å². The Morgan fingerprint density at radius 2 is 2.35 bits per heavy atom. The van der Waals surface area contributed by atoms with Crippen LogP contribution in [0.25, 0.3) is 0 Å². The molecule has 0 saturated carbocycles. The van der Waals surface area contributed by atoms with Gasteiger partial charge in [-0.2, -0.15) is 11.8 Å². The predicted molar refractivity (Wildman–Crippen MR) is 68.8 cm³/mol. The van der Waals surface area contributed by atoms with Crippen LogP contribution in [0.15, 0.2) is 0 Å². The van der Waals surface area contributed by atoms with Crippen molar-refractivity contribution in [2.75, 3.05) is 31.6 Å². The van der Waals surface area contributed by atoms with Crippen LogP contribution in [0.1, 0.15) is 24.7 Å². The molecule has 6 nitrogen and oxygen atoms in total. The van der Waals surface area contributed by atoms with E-state index in [1.165, 1.54) is 5.75 Å². The molecule has 1 aliphatic heterocycles. The fraction of sp³-hybridized carbons (Fsp3) is 0.900. The van der Waals surface area contributed by atoms with Crippen LogP contribution in [0.5, 0.6) is 0 Å². The molecule has 0 aliphatic carbocycles. The molecule has 2 rings (SSSR count). The lowest BCUT2D eigenvalue weighted by molar-refractivity contribution is 0.255. The van der Waals surface area contributed by atoms with Crippen LogP contribution in [0.4, 0.5) is 0 Å². The van der Waals surface area contributed by atoms with Crippen molar-refractivity contribution in [3.63, 3.8) is 0 Å². The summed E-state index contributed by atoms with van der Waals surface area (Å²) in [5.41, 5.74) is 5.50. The minimum atomic E-state index is 0.349. The van der Waals surface area contributed by atoms with Crippen molar-refractivity contribution in [3.8, 4) is 0 Å². The van der Waals surface area contributed by atoms with Gasteiger partial charge in [0.25, 0.3) is 0 Å². The van der Waals surface area contributed by atoms with Gasteiger partial charge in [-0.3, -0.25) is 4.90 Å². The molecule has 0 amide bonds. The molecule has 2 heterocycles. The summed E-state index contributed by atoms with van der Waals surface area (Å²) >= 11 is 1.97. The molecule has 1 aromatic rings. The summed E-state index contributed by atoms with van der Waals surface area (Å²) in [5, 5.41) is 12.1. The largest absolute Gasteiger partial charge is 0.330 e. The van der Waals surface area contributed by atoms with Crippen LogP contribution in [-0.2, 0) is 6.54 Å². The molecule has 1 saturated heterocycles. The zero-order valence-corrected chi connectivity index (χ0v) is 11.1. The number of thioether (sulfide) groups is 1. The van der Waals surface area contributed by atoms with Gasteiger partial charge in [0.05, 0.1) is 6.04 Å². The number of aromatic nitrogens is 4. The lowest BCUT2D eigenvalue weighted by Gasteiger charge is -2.30. The van der Waals surface area contributed by atoms with Gasteiger partial charge < -0.3 is 5.73 Å². The maximum Gasteiger partial charge on any atom is 0.169 e. The van der Waals surface area contributed by atoms with Gasteiger partial charge in [-0.15, -0.1) is 5.10 Å². The second-order valence-electron chi connectivity index (χ2n) is 4.33. The van der Waals surface area contributed by atoms with Crippen LogP contribution in [0.2, 0.25) is 0 Å². The van der Waals surface area contributed by atoms with Gasteiger partial charge in [0, 0.05) is 24.6 Å². The third-order valence-corrected chi connectivity index (χ3v) is 4.10. The van der Waals surface area contributed by atoms with E-state index in [0.29, 0.717) is 6.04 Å². The lowest BCUT2D eigenvalue weighted by Crippen LogP contribution is -2.34. The Labute approximate surface area is 106 Å². The Morgan fingerprint density at radius 3 is 3.12 bits per heavy atom. The number of nitrogens with zero attached hydrogens (tertiary/aromatic N) is 5. The van der Waals surface area contributed by atoms with Crippen LogP contribution < -0.4 is 5.73 Å². The Morgan fingerprint density at radius 1 is 1.47 bits per heavy atom. The van der Waals surface area contributed by atoms with Gasteiger partial charge in [-0.25, -0.2) is 4.68 Å². The molecule has 1 aliphatic rings. The van der Waals surface area contributed by atoms with Gasteiger partial charge >= 0.3 is 0 Å². The maximum absolute atomic E-state index is 5.50. The van der Waals surface area contributed by atoms with Crippen molar-refractivity contribution in [2.45, 2.75) is 25.4 Å². The number of hydrogen-bond donors (Lipinski definition) is 1. The van der Waals surface area contributed by atoms with Gasteiger partial charge in [0.15, 0.2) is 5.82 Å². The summed E-state index contributed by atoms with van der Waals surface area (Å²) in [6.45, 7) is 2.70. The fourth-order valence-electron chi connectivity index (χ4n) is 1.97. The summed E-state index contributed by atoms with van der Waals surface area (Å²) in [6.07, 6.45) is 2.06. The predicted octanol–water partition coefficient (Wildman–Crippen LogP) is 0.132. The summed E-state index contributed by atoms with van der Waals surface area (Å²) in [5.74, 6) is 3.27. The highest BCUT2D eigenvalue weighted by Gasteiger charge is 2.26. The normalized spacial score (nSPS) is 21.9. The first-order chi connectivity index (χ1) is 8.33. The quantitative estimate of drug-likeness (QED) is 0.755. The lowest BCUT2D eigenvalue weighted by atomic mass is 10.2. The first-order valence-corrected chi connectivity index (χ1v) is 7.22. The van der Waals surface area contributed by atoms with Crippen molar-refractivity contribution in [1.82, 2.24) is 25.1 Å². The van der Waals surface area contributed by atoms with E-state index in [1.807, 2.05) is 16.4 Å². The van der Waals surface area contributed by atoms with E-state index >= 15 is 0 Å². The summed E-state index contributed by atoms with van der Waals surface area (Å²) in [7, 11) is 2.14. The number of aryl methyl sites for hydroxylation is 1. The SMILES string of the molecule is CN1CCSCC1c1nnnn1CCCCN. The summed E-state index contributed by atoms with van der Waals surface area (Å²) in [6, 6.07) is 0.349. The molecule has 1 atom stereocenters. The molecule has 1 fully saturated rings. The van der Waals surface area contributed by atoms with Crippen molar-refractivity contribution in [1.29, 1.82) is 0 Å². The fourth-order valence-corrected chi connectivity index (χ4v) is 3.18. The maximum atomic E-state index is 5.50. The molecule has 2 N–H and O–H groups in total. The number of nitrogens with two attached hydrogens (primary N) is 1. The zero-order valence-electron chi connectivity index (χ0n) is 10.2. The second kappa shape index (κ2) is 6.32. The number of rotatable bonds is 5. The van der Waals surface area contributed by atoms with E-state index in [2.05, 4.69) is 27.5 Å². The number of hydrogen-bond acceptors (Lipinski definition) is 6. The molecule has 96 valence electrons. The standard InChI is InChI=1S/C10H20N6S/c1-15-6-7-17-8-9(15)10-12-13-14-16(10)5-3-2-4-11/h9H,2-8,11H2,1H3. The average Bonchev–Trinajstić information content (AvgIpc) is 2.78. The third kappa shape index (κ3) is 3.17. The van der Waals surface area contributed by atoms with Crippen molar-refractivity contribution in [2.24, 2.45) is 5.73 Å². The van der Waals surface area contributed by atoms with E-state index in [9.17, 15) is 0 Å². The van der Waals surface area contributed by atoms with Crippen LogP contribution in [-0.4, -0.2) is 56.8 Å². The van der Waals surface area contributed by atoms with Crippen LogP contribution >= 0.6 is 11.8 Å². The molecule has 7 heteroatoms. The monoisotopic (exact) mass is 256 g/mol. The molecular weight excluding hydrogens is 236 g/mol. The molecular formula is C10H20N6S. The molecule has 17 heavy (non-hydrogen) atoms. The second-order valence-corrected chi connectivity index (χ2v) is 5.48. The molecule has 1 unspecified atom stereocenters. The third-order valence-electron chi connectivity index (χ3n) is 3.08. The summed E-state index contributed by atoms with van der Waals surface area (Å²) in [4.78, 5) is 2.33. The molecule has 0 aromatic carbocycles. The Bertz CT molecular complexity index is 341.